The van der Waals surface area contributed by atoms with Crippen LogP contribution in [-0.4, -0.2) is 40.2 Å². The first kappa shape index (κ1) is 16.9. The number of thiazole rings is 1. The molecule has 0 aliphatic carbocycles. The second-order valence-corrected chi connectivity index (χ2v) is 7.28. The highest BCUT2D eigenvalue weighted by Gasteiger charge is 2.28. The molecule has 128 valence electrons. The molecule has 2 amide bonds. The fraction of sp³-hybridized carbons (Fsp3) is 0.444. The molecule has 1 fully saturated rings. The summed E-state index contributed by atoms with van der Waals surface area (Å²) in [6.45, 7) is 5.04. The topological polar surface area (TPSA) is 65.5 Å². The van der Waals surface area contributed by atoms with E-state index < -0.39 is 6.10 Å². The third-order valence-corrected chi connectivity index (χ3v) is 5.54. The van der Waals surface area contributed by atoms with Gasteiger partial charge in [0.15, 0.2) is 0 Å². The van der Waals surface area contributed by atoms with Crippen LogP contribution < -0.4 is 5.32 Å². The van der Waals surface area contributed by atoms with Gasteiger partial charge in [0.1, 0.15) is 5.01 Å². The molecule has 3 rings (SSSR count). The Balaban J connectivity index is 1.62. The number of aromatic nitrogens is 1. The molecule has 1 aliphatic rings. The molecule has 0 spiro atoms. The summed E-state index contributed by atoms with van der Waals surface area (Å²) in [5.74, 6) is 0.249. The van der Waals surface area contributed by atoms with E-state index in [1.165, 1.54) is 0 Å². The van der Waals surface area contributed by atoms with E-state index in [1.807, 2.05) is 49.6 Å². The average molecular weight is 345 g/mol. The number of aliphatic hydroxyl groups is 1. The van der Waals surface area contributed by atoms with Gasteiger partial charge in [-0.2, -0.15) is 0 Å². The number of nitrogens with zero attached hydrogens (tertiary/aromatic N) is 2. The molecule has 2 aromatic rings. The first-order valence-corrected chi connectivity index (χ1v) is 9.17. The SMILES string of the molecule is CC(NC(=O)N1CCC(C)C(O)C1)c1nc(-c2ccccc2)cs1. The lowest BCUT2D eigenvalue weighted by Crippen LogP contribution is -2.50. The quantitative estimate of drug-likeness (QED) is 0.897. The van der Waals surface area contributed by atoms with Crippen molar-refractivity contribution >= 4 is 17.4 Å². The van der Waals surface area contributed by atoms with E-state index in [2.05, 4.69) is 10.3 Å². The zero-order valence-corrected chi connectivity index (χ0v) is 14.8. The number of urea groups is 1. The molecule has 0 saturated carbocycles. The smallest absolute Gasteiger partial charge is 0.318 e. The van der Waals surface area contributed by atoms with Crippen LogP contribution in [0.15, 0.2) is 35.7 Å². The van der Waals surface area contributed by atoms with Gasteiger partial charge in [-0.05, 0) is 19.3 Å². The van der Waals surface area contributed by atoms with Gasteiger partial charge in [0.2, 0.25) is 0 Å². The summed E-state index contributed by atoms with van der Waals surface area (Å²) in [7, 11) is 0. The molecule has 6 heteroatoms. The number of β-amino-alcohol motifs (C(OH)–C–C–N with tert-alkyl or cyclic N) is 1. The summed E-state index contributed by atoms with van der Waals surface area (Å²) in [5, 5.41) is 15.8. The number of hydrogen-bond acceptors (Lipinski definition) is 4. The Morgan fingerprint density at radius 2 is 2.17 bits per heavy atom. The lowest BCUT2D eigenvalue weighted by atomic mass is 9.96. The Morgan fingerprint density at radius 1 is 1.42 bits per heavy atom. The number of nitrogens with one attached hydrogen (secondary N) is 1. The van der Waals surface area contributed by atoms with E-state index in [-0.39, 0.29) is 18.0 Å². The maximum absolute atomic E-state index is 12.4. The summed E-state index contributed by atoms with van der Waals surface area (Å²) in [6.07, 6.45) is 0.391. The zero-order chi connectivity index (χ0) is 17.1. The van der Waals surface area contributed by atoms with Crippen molar-refractivity contribution in [2.75, 3.05) is 13.1 Å². The second kappa shape index (κ2) is 7.32. The highest BCUT2D eigenvalue weighted by molar-refractivity contribution is 7.10. The van der Waals surface area contributed by atoms with Crippen molar-refractivity contribution in [3.63, 3.8) is 0 Å². The number of carbonyl (C=O) groups excluding carboxylic acids is 1. The highest BCUT2D eigenvalue weighted by atomic mass is 32.1. The van der Waals surface area contributed by atoms with Gasteiger partial charge in [0.05, 0.1) is 17.8 Å². The largest absolute Gasteiger partial charge is 0.391 e. The fourth-order valence-corrected chi connectivity index (χ4v) is 3.63. The lowest BCUT2D eigenvalue weighted by molar-refractivity contribution is 0.0431. The number of rotatable bonds is 3. The number of piperidine rings is 1. The summed E-state index contributed by atoms with van der Waals surface area (Å²) in [5.41, 5.74) is 2.01. The number of amides is 2. The second-order valence-electron chi connectivity index (χ2n) is 6.39. The van der Waals surface area contributed by atoms with Gasteiger partial charge in [-0.15, -0.1) is 11.3 Å². The van der Waals surface area contributed by atoms with Crippen LogP contribution in [0.3, 0.4) is 0 Å². The molecule has 2 N–H and O–H groups in total. The van der Waals surface area contributed by atoms with Crippen LogP contribution in [0, 0.1) is 5.92 Å². The molecule has 3 unspecified atom stereocenters. The van der Waals surface area contributed by atoms with Gasteiger partial charge in [0.25, 0.3) is 0 Å². The average Bonchev–Trinajstić information content (AvgIpc) is 3.08. The van der Waals surface area contributed by atoms with Crippen molar-refractivity contribution in [1.82, 2.24) is 15.2 Å². The van der Waals surface area contributed by atoms with Gasteiger partial charge in [0, 0.05) is 24.0 Å². The first-order valence-electron chi connectivity index (χ1n) is 8.29. The Bertz CT molecular complexity index is 689. The minimum atomic E-state index is -0.440. The molecular weight excluding hydrogens is 322 g/mol. The number of carbonyl (C=O) groups is 1. The van der Waals surface area contributed by atoms with Crippen molar-refractivity contribution in [3.05, 3.63) is 40.7 Å². The van der Waals surface area contributed by atoms with Crippen LogP contribution in [0.2, 0.25) is 0 Å². The normalized spacial score (nSPS) is 22.2. The van der Waals surface area contributed by atoms with E-state index in [1.54, 1.807) is 16.2 Å². The van der Waals surface area contributed by atoms with Gasteiger partial charge >= 0.3 is 6.03 Å². The minimum Gasteiger partial charge on any atom is -0.391 e. The van der Waals surface area contributed by atoms with Crippen LogP contribution in [0.1, 0.15) is 31.3 Å². The monoisotopic (exact) mass is 345 g/mol. The molecule has 1 saturated heterocycles. The van der Waals surface area contributed by atoms with E-state index in [9.17, 15) is 9.90 Å². The predicted octanol–water partition coefficient (Wildman–Crippen LogP) is 3.28. The van der Waals surface area contributed by atoms with Crippen molar-refractivity contribution in [2.45, 2.75) is 32.4 Å². The lowest BCUT2D eigenvalue weighted by Gasteiger charge is -2.34. The number of likely N-dealkylation sites (tertiary alicyclic amines) is 1. The molecular formula is C18H23N3O2S. The fourth-order valence-electron chi connectivity index (χ4n) is 2.80. The molecule has 5 nitrogen and oxygen atoms in total. The molecule has 2 heterocycles. The van der Waals surface area contributed by atoms with Crippen LogP contribution in [0.25, 0.3) is 11.3 Å². The van der Waals surface area contributed by atoms with E-state index in [0.717, 1.165) is 22.7 Å². The third kappa shape index (κ3) is 3.76. The maximum Gasteiger partial charge on any atom is 0.318 e. The van der Waals surface area contributed by atoms with Crippen LogP contribution in [-0.2, 0) is 0 Å². The molecule has 1 aromatic carbocycles. The van der Waals surface area contributed by atoms with E-state index in [0.29, 0.717) is 13.1 Å². The van der Waals surface area contributed by atoms with Crippen molar-refractivity contribution < 1.29 is 9.90 Å². The van der Waals surface area contributed by atoms with E-state index >= 15 is 0 Å². The Kier molecular flexibility index (Phi) is 5.16. The summed E-state index contributed by atoms with van der Waals surface area (Å²) < 4.78 is 0. The summed E-state index contributed by atoms with van der Waals surface area (Å²) in [4.78, 5) is 18.7. The van der Waals surface area contributed by atoms with Gasteiger partial charge < -0.3 is 15.3 Å². The third-order valence-electron chi connectivity index (χ3n) is 4.51. The van der Waals surface area contributed by atoms with E-state index in [4.69, 9.17) is 0 Å². The van der Waals surface area contributed by atoms with Gasteiger partial charge in [-0.1, -0.05) is 37.3 Å². The van der Waals surface area contributed by atoms with Gasteiger partial charge in [-0.3, -0.25) is 0 Å². The van der Waals surface area contributed by atoms with Crippen molar-refractivity contribution in [3.8, 4) is 11.3 Å². The highest BCUT2D eigenvalue weighted by Crippen LogP contribution is 2.25. The number of benzene rings is 1. The van der Waals surface area contributed by atoms with Crippen LogP contribution in [0.5, 0.6) is 0 Å². The molecule has 3 atom stereocenters. The zero-order valence-electron chi connectivity index (χ0n) is 14.0. The molecule has 0 bridgehead atoms. The predicted molar refractivity (Wildman–Crippen MR) is 95.9 cm³/mol. The molecule has 24 heavy (non-hydrogen) atoms. The summed E-state index contributed by atoms with van der Waals surface area (Å²) in [6, 6.07) is 9.72. The maximum atomic E-state index is 12.4. The van der Waals surface area contributed by atoms with Crippen molar-refractivity contribution in [1.29, 1.82) is 0 Å². The minimum absolute atomic E-state index is 0.134. The molecule has 1 aromatic heterocycles. The number of aliphatic hydroxyl groups excluding tert-OH is 1. The van der Waals surface area contributed by atoms with Gasteiger partial charge in [-0.25, -0.2) is 9.78 Å². The first-order chi connectivity index (χ1) is 11.5. The van der Waals surface area contributed by atoms with Crippen molar-refractivity contribution in [2.24, 2.45) is 5.92 Å². The number of hydrogen-bond donors (Lipinski definition) is 2. The standard InChI is InChI=1S/C18H23N3O2S/c1-12-8-9-21(10-16(12)22)18(23)19-13(2)17-20-15(11-24-17)14-6-4-3-5-7-14/h3-7,11-13,16,22H,8-10H2,1-2H3,(H,19,23). The Hall–Kier alpha value is -1.92. The molecule has 0 radical (unpaired) electrons. The summed E-state index contributed by atoms with van der Waals surface area (Å²) >= 11 is 1.55. The Morgan fingerprint density at radius 3 is 2.88 bits per heavy atom. The Labute approximate surface area is 146 Å². The van der Waals surface area contributed by atoms with Crippen LogP contribution >= 0.6 is 11.3 Å². The molecule has 1 aliphatic heterocycles. The van der Waals surface area contributed by atoms with Crippen LogP contribution in [0.4, 0.5) is 4.79 Å².